The van der Waals surface area contributed by atoms with Crippen molar-refractivity contribution < 1.29 is 20.0 Å². The highest BCUT2D eigenvalue weighted by Crippen LogP contribution is 2.16. The minimum absolute atomic E-state index is 0.134. The van der Waals surface area contributed by atoms with Crippen molar-refractivity contribution in [3.05, 3.63) is 0 Å². The molecule has 0 aromatic rings. The number of nitrogens with one attached hydrogen (secondary N) is 1. The van der Waals surface area contributed by atoms with E-state index in [1.807, 2.05) is 0 Å². The van der Waals surface area contributed by atoms with Gasteiger partial charge in [0.2, 0.25) is 0 Å². The van der Waals surface area contributed by atoms with Crippen molar-refractivity contribution in [3.8, 4) is 0 Å². The molecule has 1 heterocycles. The van der Waals surface area contributed by atoms with Gasteiger partial charge in [0.05, 0.1) is 19.3 Å². The summed E-state index contributed by atoms with van der Waals surface area (Å²) in [6.07, 6.45) is 0.288. The molecular weight excluding hydrogens is 222 g/mol. The number of carbonyl (C=O) groups is 1. The number of nitrogens with zero attached hydrogens (tertiary/aromatic N) is 2. The maximum absolute atomic E-state index is 10.6. The average Bonchev–Trinajstić information content (AvgIpc) is 2.39. The van der Waals surface area contributed by atoms with Gasteiger partial charge in [-0.15, -0.1) is 0 Å². The molecule has 15 heavy (non-hydrogen) atoms. The normalized spacial score (nSPS) is 28.5. The highest BCUT2D eigenvalue weighted by molar-refractivity contribution is 7.59. The second-order valence-electron chi connectivity index (χ2n) is 3.26. The van der Waals surface area contributed by atoms with Crippen LogP contribution in [0, 0.1) is 0 Å². The number of carboxylic acids is 1. The Morgan fingerprint density at radius 3 is 2.87 bits per heavy atom. The van der Waals surface area contributed by atoms with Gasteiger partial charge in [0.1, 0.15) is 0 Å². The molecule has 3 N–H and O–H groups in total. The molecule has 0 saturated carbocycles. The summed E-state index contributed by atoms with van der Waals surface area (Å²) >= 11 is 5.05. The lowest BCUT2D eigenvalue weighted by atomic mass is 10.3. The minimum atomic E-state index is -0.933. The van der Waals surface area contributed by atoms with E-state index >= 15 is 0 Å². The fourth-order valence-electron chi connectivity index (χ4n) is 1.58. The van der Waals surface area contributed by atoms with Gasteiger partial charge >= 0.3 is 5.97 Å². The third-order valence-corrected chi connectivity index (χ3v) is 2.61. The molecule has 0 radical (unpaired) electrons. The lowest BCUT2D eigenvalue weighted by molar-refractivity contribution is -0.245. The van der Waals surface area contributed by atoms with Crippen molar-refractivity contribution in [2.75, 3.05) is 20.2 Å². The van der Waals surface area contributed by atoms with Gasteiger partial charge in [0.15, 0.2) is 0 Å². The average molecular weight is 236 g/mol. The molecule has 2 atom stereocenters. The zero-order valence-corrected chi connectivity index (χ0v) is 9.11. The largest absolute Gasteiger partial charge is 0.757 e. The van der Waals surface area contributed by atoms with Gasteiger partial charge in [0.25, 0.3) is 0 Å². The molecule has 1 fully saturated rings. The second-order valence-corrected chi connectivity index (χ2v) is 3.71. The summed E-state index contributed by atoms with van der Waals surface area (Å²) in [5.74, 6) is -0.933. The Kier molecular flexibility index (Phi) is 4.77. The Labute approximate surface area is 92.9 Å². The van der Waals surface area contributed by atoms with Crippen molar-refractivity contribution in [2.24, 2.45) is 0 Å². The first kappa shape index (κ1) is 12.7. The summed E-state index contributed by atoms with van der Waals surface area (Å²) in [6.45, 7) is -0.00351. The number of hydrazine groups is 1. The lowest BCUT2D eigenvalue weighted by Gasteiger charge is -2.30. The molecule has 0 amide bonds. The molecule has 0 aromatic heterocycles. The van der Waals surface area contributed by atoms with E-state index in [4.69, 9.17) is 23.0 Å². The Morgan fingerprint density at radius 2 is 2.33 bits per heavy atom. The van der Waals surface area contributed by atoms with Crippen molar-refractivity contribution >= 4 is 18.6 Å². The Balaban J connectivity index is 2.58. The van der Waals surface area contributed by atoms with Crippen LogP contribution in [0.25, 0.3) is 0 Å². The van der Waals surface area contributed by atoms with E-state index in [-0.39, 0.29) is 19.3 Å². The molecular formula is C7H14N3O4S-. The van der Waals surface area contributed by atoms with Crippen molar-refractivity contribution in [2.45, 2.75) is 18.1 Å². The van der Waals surface area contributed by atoms with Crippen LogP contribution >= 0.6 is 0 Å². The summed E-state index contributed by atoms with van der Waals surface area (Å²) in [4.78, 5) is 16.2. The predicted octanol–water partition coefficient (Wildman–Crippen LogP) is -1.14. The van der Waals surface area contributed by atoms with Crippen LogP contribution < -0.4 is 5.43 Å². The number of hydrogen-bond donors (Lipinski definition) is 3. The van der Waals surface area contributed by atoms with Crippen LogP contribution in [0.4, 0.5) is 0 Å². The molecule has 1 rings (SSSR count). The molecule has 2 unspecified atom stereocenters. The lowest BCUT2D eigenvalue weighted by Crippen LogP contribution is -2.42. The first-order chi connectivity index (χ1) is 7.06. The SMILES string of the molecule is CN1NC([S-])N(CC(=O)O)C1CCOO. The summed E-state index contributed by atoms with van der Waals surface area (Å²) in [5, 5.41) is 18.7. The van der Waals surface area contributed by atoms with E-state index in [1.165, 1.54) is 0 Å². The number of rotatable bonds is 5. The van der Waals surface area contributed by atoms with Gasteiger partial charge in [-0.3, -0.25) is 20.4 Å². The number of aliphatic carboxylic acids is 1. The molecule has 0 bridgehead atoms. The van der Waals surface area contributed by atoms with E-state index in [0.717, 1.165) is 0 Å². The van der Waals surface area contributed by atoms with Crippen molar-refractivity contribution in [3.63, 3.8) is 0 Å². The van der Waals surface area contributed by atoms with Crippen molar-refractivity contribution in [1.29, 1.82) is 0 Å². The molecule has 88 valence electrons. The fraction of sp³-hybridized carbons (Fsp3) is 0.857. The zero-order chi connectivity index (χ0) is 11.4. The van der Waals surface area contributed by atoms with E-state index in [2.05, 4.69) is 10.3 Å². The van der Waals surface area contributed by atoms with Crippen LogP contribution in [-0.4, -0.2) is 58.1 Å². The van der Waals surface area contributed by atoms with E-state index in [9.17, 15) is 4.79 Å². The molecule has 7 nitrogen and oxygen atoms in total. The topological polar surface area (TPSA) is 85.3 Å². The molecule has 0 aromatic carbocycles. The van der Waals surface area contributed by atoms with Gasteiger partial charge in [0, 0.05) is 13.5 Å². The van der Waals surface area contributed by atoms with Crippen LogP contribution in [0.15, 0.2) is 0 Å². The maximum Gasteiger partial charge on any atom is 0.317 e. The Bertz CT molecular complexity index is 230. The van der Waals surface area contributed by atoms with E-state index < -0.39 is 11.5 Å². The number of carboxylic acid groups (broad SMARTS) is 1. The highest BCUT2D eigenvalue weighted by atomic mass is 32.1. The summed E-state index contributed by atoms with van der Waals surface area (Å²) < 4.78 is 0. The summed E-state index contributed by atoms with van der Waals surface area (Å²) in [6, 6.07) is 0. The first-order valence-corrected chi connectivity index (χ1v) is 4.92. The summed E-state index contributed by atoms with van der Waals surface area (Å²) in [7, 11) is 1.77. The fourth-order valence-corrected chi connectivity index (χ4v) is 1.96. The molecule has 0 aliphatic carbocycles. The highest BCUT2D eigenvalue weighted by Gasteiger charge is 2.31. The maximum atomic E-state index is 10.6. The summed E-state index contributed by atoms with van der Waals surface area (Å²) in [5.41, 5.74) is 2.46. The Morgan fingerprint density at radius 1 is 1.67 bits per heavy atom. The van der Waals surface area contributed by atoms with Crippen LogP contribution in [0.2, 0.25) is 0 Å². The molecule has 8 heteroatoms. The third-order valence-electron chi connectivity index (χ3n) is 2.23. The molecule has 0 spiro atoms. The van der Waals surface area contributed by atoms with Crippen molar-refractivity contribution in [1.82, 2.24) is 15.3 Å². The van der Waals surface area contributed by atoms with Gasteiger partial charge in [-0.2, -0.15) is 0 Å². The minimum Gasteiger partial charge on any atom is -0.757 e. The number of hydrogen-bond acceptors (Lipinski definition) is 7. The van der Waals surface area contributed by atoms with Gasteiger partial charge in [-0.05, 0) is 5.50 Å². The van der Waals surface area contributed by atoms with Gasteiger partial charge < -0.3 is 17.7 Å². The third kappa shape index (κ3) is 3.30. The monoisotopic (exact) mass is 236 g/mol. The smallest absolute Gasteiger partial charge is 0.317 e. The van der Waals surface area contributed by atoms with E-state index in [1.54, 1.807) is 17.0 Å². The standard InChI is InChI=1S/C7H15N3O4S/c1-9-5(2-3-14-13)10(4-6(11)12)7(15)8-9/h5,7-8,13,15H,2-4H2,1H3,(H,11,12)/p-1. The molecule has 1 saturated heterocycles. The van der Waals surface area contributed by atoms with Gasteiger partial charge in [-0.25, -0.2) is 9.90 Å². The van der Waals surface area contributed by atoms with Crippen LogP contribution in [0.1, 0.15) is 6.42 Å². The predicted molar refractivity (Wildman–Crippen MR) is 53.4 cm³/mol. The van der Waals surface area contributed by atoms with Crippen LogP contribution in [0.5, 0.6) is 0 Å². The quantitative estimate of drug-likeness (QED) is 0.314. The molecule has 1 aliphatic heterocycles. The van der Waals surface area contributed by atoms with E-state index in [0.29, 0.717) is 6.42 Å². The van der Waals surface area contributed by atoms with Crippen LogP contribution in [0.3, 0.4) is 0 Å². The van der Waals surface area contributed by atoms with Crippen LogP contribution in [-0.2, 0) is 22.3 Å². The second kappa shape index (κ2) is 5.64. The van der Waals surface area contributed by atoms with Gasteiger partial charge in [-0.1, -0.05) is 0 Å². The molecule has 1 aliphatic rings. The zero-order valence-electron chi connectivity index (χ0n) is 8.29. The Hall–Kier alpha value is -0.380. The first-order valence-electron chi connectivity index (χ1n) is 4.45.